The van der Waals surface area contributed by atoms with Crippen LogP contribution in [0.2, 0.25) is 0 Å². The first kappa shape index (κ1) is 9.02. The van der Waals surface area contributed by atoms with Crippen molar-refractivity contribution in [3.8, 4) is 0 Å². The molecule has 1 nitrogen and oxygen atoms in total. The fraction of sp³-hybridized carbons (Fsp3) is 0.333. The van der Waals surface area contributed by atoms with Crippen LogP contribution in [0.5, 0.6) is 0 Å². The summed E-state index contributed by atoms with van der Waals surface area (Å²) >= 11 is 0. The van der Waals surface area contributed by atoms with E-state index in [1.807, 2.05) is 0 Å². The molecule has 0 saturated heterocycles. The van der Waals surface area contributed by atoms with Crippen molar-refractivity contribution < 1.29 is 22.0 Å². The van der Waals surface area contributed by atoms with E-state index in [0.29, 0.717) is 0 Å². The molecule has 0 N–H and O–H groups in total. The number of hydrogen-bond donors (Lipinski definition) is 0. The molecule has 1 aliphatic rings. The molecular weight excluding hydrogens is 181 g/mol. The lowest BCUT2D eigenvalue weighted by atomic mass is 10.3. The molecule has 0 bridgehead atoms. The van der Waals surface area contributed by atoms with Crippen LogP contribution in [0.4, 0.5) is 22.0 Å². The van der Waals surface area contributed by atoms with Crippen molar-refractivity contribution in [1.82, 2.24) is 5.32 Å². The fourth-order valence-electron chi connectivity index (χ4n) is 0.594. The third-order valence-corrected chi connectivity index (χ3v) is 1.12. The zero-order valence-electron chi connectivity index (χ0n) is 5.49. The first-order chi connectivity index (χ1) is 5.41. The summed E-state index contributed by atoms with van der Waals surface area (Å²) in [6.45, 7) is 0. The van der Waals surface area contributed by atoms with Crippen LogP contribution in [-0.2, 0) is 0 Å². The van der Waals surface area contributed by atoms with Crippen molar-refractivity contribution in [1.29, 1.82) is 0 Å². The predicted octanol–water partition coefficient (Wildman–Crippen LogP) is 2.00. The van der Waals surface area contributed by atoms with E-state index in [1.165, 1.54) is 0 Å². The lowest BCUT2D eigenvalue weighted by Gasteiger charge is -2.03. The summed E-state index contributed by atoms with van der Waals surface area (Å²) in [7, 11) is 0. The Hall–Kier alpha value is -1.07. The van der Waals surface area contributed by atoms with Gasteiger partial charge in [0.15, 0.2) is 0 Å². The van der Waals surface area contributed by atoms with Crippen LogP contribution in [0.15, 0.2) is 17.3 Å². The Labute approximate surface area is 64.6 Å². The summed E-state index contributed by atoms with van der Waals surface area (Å²) < 4.78 is 58.7. The van der Waals surface area contributed by atoms with Crippen LogP contribution < -0.4 is 5.32 Å². The van der Waals surface area contributed by atoms with Gasteiger partial charge in [-0.1, -0.05) is 0 Å². The molecule has 2 radical (unpaired) electrons. The third kappa shape index (κ3) is 1.75. The van der Waals surface area contributed by atoms with Gasteiger partial charge >= 0.3 is 6.18 Å². The summed E-state index contributed by atoms with van der Waals surface area (Å²) in [5.41, 5.74) is -2.17. The highest BCUT2D eigenvalue weighted by Crippen LogP contribution is 2.29. The van der Waals surface area contributed by atoms with Gasteiger partial charge in [-0.15, -0.1) is 0 Å². The van der Waals surface area contributed by atoms with E-state index < -0.39 is 23.9 Å². The largest absolute Gasteiger partial charge is 0.433 e. The standard InChI is InChI=1S/C6H2F5N/c7-5(8)3-1-4(12-2-3)6(9,10)11/h1,5H. The number of allylic oxidation sites excluding steroid dienone is 3. The summed E-state index contributed by atoms with van der Waals surface area (Å²) in [5, 5.41) is 2.68. The zero-order chi connectivity index (χ0) is 9.35. The molecular formula is C6H2F5N. The first-order valence-corrected chi connectivity index (χ1v) is 2.82. The van der Waals surface area contributed by atoms with E-state index in [1.54, 1.807) is 6.20 Å². The lowest BCUT2D eigenvalue weighted by Crippen LogP contribution is -2.15. The normalized spacial score (nSPS) is 17.5. The lowest BCUT2D eigenvalue weighted by molar-refractivity contribution is -0.0955. The Morgan fingerprint density at radius 3 is 2.17 bits per heavy atom. The van der Waals surface area contributed by atoms with Crippen LogP contribution in [0.25, 0.3) is 0 Å². The van der Waals surface area contributed by atoms with Gasteiger partial charge in [-0.2, -0.15) is 13.2 Å². The van der Waals surface area contributed by atoms with Crippen LogP contribution in [0.3, 0.4) is 0 Å². The molecule has 0 fully saturated rings. The molecule has 0 aromatic rings. The molecule has 0 aliphatic carbocycles. The second-order valence-electron chi connectivity index (χ2n) is 2.01. The van der Waals surface area contributed by atoms with Crippen molar-refractivity contribution in [2.75, 3.05) is 0 Å². The Balaban J connectivity index is 2.74. The maximum Gasteiger partial charge on any atom is 0.433 e. The van der Waals surface area contributed by atoms with Crippen molar-refractivity contribution in [2.45, 2.75) is 12.6 Å². The Morgan fingerprint density at radius 2 is 1.92 bits per heavy atom. The zero-order valence-corrected chi connectivity index (χ0v) is 5.49. The number of rotatable bonds is 1. The molecule has 1 heterocycles. The van der Waals surface area contributed by atoms with Gasteiger partial charge in [0.05, 0.1) is 6.20 Å². The minimum atomic E-state index is -4.68. The molecule has 0 amide bonds. The minimum absolute atomic E-state index is 0.282. The van der Waals surface area contributed by atoms with Gasteiger partial charge < -0.3 is 0 Å². The average molecular weight is 183 g/mol. The van der Waals surface area contributed by atoms with Crippen LogP contribution in [-0.4, -0.2) is 12.6 Å². The molecule has 66 valence electrons. The highest BCUT2D eigenvalue weighted by molar-refractivity contribution is 5.30. The van der Waals surface area contributed by atoms with Crippen molar-refractivity contribution in [3.63, 3.8) is 0 Å². The van der Waals surface area contributed by atoms with E-state index >= 15 is 0 Å². The van der Waals surface area contributed by atoms with Crippen molar-refractivity contribution in [2.24, 2.45) is 0 Å². The number of halogens is 5. The molecule has 6 heteroatoms. The van der Waals surface area contributed by atoms with E-state index in [0.717, 1.165) is 0 Å². The Bertz CT molecular complexity index is 237. The van der Waals surface area contributed by atoms with Gasteiger partial charge in [-0.3, -0.25) is 0 Å². The molecule has 0 aromatic carbocycles. The topological polar surface area (TPSA) is 14.1 Å². The van der Waals surface area contributed by atoms with Crippen molar-refractivity contribution >= 4 is 0 Å². The Morgan fingerprint density at radius 1 is 1.33 bits per heavy atom. The quantitative estimate of drug-likeness (QED) is 0.552. The van der Waals surface area contributed by atoms with Crippen LogP contribution in [0, 0.1) is 6.20 Å². The highest BCUT2D eigenvalue weighted by atomic mass is 19.4. The molecule has 12 heavy (non-hydrogen) atoms. The van der Waals surface area contributed by atoms with Gasteiger partial charge in [0, 0.05) is 5.57 Å². The molecule has 1 aliphatic heterocycles. The Kier molecular flexibility index (Phi) is 2.08. The molecule has 0 spiro atoms. The average Bonchev–Trinajstić information content (AvgIpc) is 2.30. The maximum atomic E-state index is 11.7. The minimum Gasteiger partial charge on any atom is -0.241 e. The van der Waals surface area contributed by atoms with Crippen molar-refractivity contribution in [3.05, 3.63) is 23.5 Å². The van der Waals surface area contributed by atoms with Gasteiger partial charge in [-0.25, -0.2) is 14.1 Å². The van der Waals surface area contributed by atoms with E-state index in [4.69, 9.17) is 0 Å². The molecule has 0 unspecified atom stereocenters. The highest BCUT2D eigenvalue weighted by Gasteiger charge is 2.37. The second-order valence-corrected chi connectivity index (χ2v) is 2.01. The van der Waals surface area contributed by atoms with Crippen LogP contribution >= 0.6 is 0 Å². The van der Waals surface area contributed by atoms with Gasteiger partial charge in [0.25, 0.3) is 6.43 Å². The SMILES string of the molecule is FC(F)C1=[C][N]C(C(F)(F)F)=C1. The molecule has 0 saturated carbocycles. The maximum absolute atomic E-state index is 11.7. The summed E-state index contributed by atoms with van der Waals surface area (Å²) in [6.07, 6.45) is -5.77. The summed E-state index contributed by atoms with van der Waals surface area (Å²) in [5.74, 6) is 0. The van der Waals surface area contributed by atoms with E-state index in [9.17, 15) is 22.0 Å². The first-order valence-electron chi connectivity index (χ1n) is 2.82. The predicted molar refractivity (Wildman–Crippen MR) is 29.0 cm³/mol. The van der Waals surface area contributed by atoms with Gasteiger partial charge in [0.2, 0.25) is 0 Å². The molecule has 0 aromatic heterocycles. The third-order valence-electron chi connectivity index (χ3n) is 1.12. The van der Waals surface area contributed by atoms with Gasteiger partial charge in [0.1, 0.15) is 5.70 Å². The van der Waals surface area contributed by atoms with Gasteiger partial charge in [-0.05, 0) is 6.08 Å². The smallest absolute Gasteiger partial charge is 0.241 e. The number of hydrogen-bond acceptors (Lipinski definition) is 0. The summed E-state index contributed by atoms with van der Waals surface area (Å²) in [4.78, 5) is 0. The molecule has 0 atom stereocenters. The monoisotopic (exact) mass is 183 g/mol. The number of nitrogens with zero attached hydrogens (tertiary/aromatic N) is 1. The molecule has 1 rings (SSSR count). The summed E-state index contributed by atoms with van der Waals surface area (Å²) in [6, 6.07) is 0. The fourth-order valence-corrected chi connectivity index (χ4v) is 0.594. The number of alkyl halides is 5. The van der Waals surface area contributed by atoms with Crippen LogP contribution in [0.1, 0.15) is 0 Å². The second kappa shape index (κ2) is 2.76. The van der Waals surface area contributed by atoms with E-state index in [-0.39, 0.29) is 6.08 Å². The van der Waals surface area contributed by atoms with E-state index in [2.05, 4.69) is 5.32 Å².